The molecule has 1 saturated carbocycles. The first-order valence-electron chi connectivity index (χ1n) is 7.58. The molecule has 0 spiro atoms. The van der Waals surface area contributed by atoms with Gasteiger partial charge >= 0.3 is 0 Å². The van der Waals surface area contributed by atoms with Gasteiger partial charge in [-0.25, -0.2) is 0 Å². The molecule has 1 aliphatic carbocycles. The molecule has 0 bridgehead atoms. The summed E-state index contributed by atoms with van der Waals surface area (Å²) in [4.78, 5) is 17.1. The minimum atomic E-state index is -0.0313. The summed E-state index contributed by atoms with van der Waals surface area (Å²) in [5.41, 5.74) is 8.40. The lowest BCUT2D eigenvalue weighted by Gasteiger charge is -2.11. The maximum atomic E-state index is 12.5. The maximum absolute atomic E-state index is 12.5. The number of pyridine rings is 1. The van der Waals surface area contributed by atoms with E-state index in [0.717, 1.165) is 28.6 Å². The second-order valence-electron chi connectivity index (χ2n) is 5.91. The summed E-state index contributed by atoms with van der Waals surface area (Å²) in [5, 5.41) is 3.88. The summed E-state index contributed by atoms with van der Waals surface area (Å²) in [7, 11) is 0. The highest BCUT2D eigenvalue weighted by Crippen LogP contribution is 2.40. The molecule has 1 amide bonds. The minimum absolute atomic E-state index is 0. The number of rotatable bonds is 5. The maximum Gasteiger partial charge on any atom is 0.252 e. The number of hydrogen-bond acceptors (Lipinski definition) is 3. The molecule has 126 valence electrons. The molecule has 1 heterocycles. The number of carbonyl (C=O) groups is 1. The van der Waals surface area contributed by atoms with Gasteiger partial charge in [-0.3, -0.25) is 9.78 Å². The van der Waals surface area contributed by atoms with Crippen LogP contribution in [0.15, 0.2) is 30.3 Å². The highest BCUT2D eigenvalue weighted by atomic mass is 35.5. The van der Waals surface area contributed by atoms with Crippen LogP contribution in [0.3, 0.4) is 0 Å². The van der Waals surface area contributed by atoms with Gasteiger partial charge in [0.1, 0.15) is 0 Å². The normalized spacial score (nSPS) is 14.5. The predicted octanol–water partition coefficient (Wildman–Crippen LogP) is 3.42. The van der Waals surface area contributed by atoms with Crippen LogP contribution in [0.1, 0.15) is 48.2 Å². The van der Waals surface area contributed by atoms with E-state index in [-0.39, 0.29) is 36.8 Å². The molecule has 0 aliphatic heterocycles. The van der Waals surface area contributed by atoms with E-state index in [1.165, 1.54) is 12.8 Å². The van der Waals surface area contributed by atoms with Crippen LogP contribution in [0.25, 0.3) is 10.9 Å². The largest absolute Gasteiger partial charge is 0.352 e. The minimum Gasteiger partial charge on any atom is -0.352 e. The number of amides is 1. The lowest BCUT2D eigenvalue weighted by atomic mass is 10.1. The number of nitrogens with two attached hydrogens (primary N) is 1. The van der Waals surface area contributed by atoms with Crippen molar-refractivity contribution < 1.29 is 4.79 Å². The molecule has 1 atom stereocenters. The van der Waals surface area contributed by atoms with Crippen LogP contribution in [0.2, 0.25) is 0 Å². The first kappa shape index (κ1) is 19.7. The molecule has 3 N–H and O–H groups in total. The Morgan fingerprint density at radius 2 is 2.04 bits per heavy atom. The Labute approximate surface area is 149 Å². The second kappa shape index (κ2) is 8.48. The molecule has 3 rings (SSSR count). The number of nitrogens with zero attached hydrogens (tertiary/aromatic N) is 1. The molecule has 1 aliphatic rings. The van der Waals surface area contributed by atoms with Crippen LogP contribution in [0.4, 0.5) is 0 Å². The summed E-state index contributed by atoms with van der Waals surface area (Å²) >= 11 is 0. The first-order valence-corrected chi connectivity index (χ1v) is 7.58. The van der Waals surface area contributed by atoms with Gasteiger partial charge in [-0.05, 0) is 38.3 Å². The number of nitrogens with one attached hydrogen (secondary N) is 1. The number of hydrogen-bond donors (Lipinski definition) is 2. The molecule has 1 aromatic carbocycles. The Balaban J connectivity index is 0.00000132. The van der Waals surface area contributed by atoms with Gasteiger partial charge in [-0.1, -0.05) is 18.2 Å². The van der Waals surface area contributed by atoms with E-state index in [1.54, 1.807) is 0 Å². The number of fused-ring (bicyclic) bond motifs is 1. The van der Waals surface area contributed by atoms with E-state index in [1.807, 2.05) is 37.3 Å². The van der Waals surface area contributed by atoms with E-state index in [0.29, 0.717) is 12.5 Å². The Morgan fingerprint density at radius 3 is 2.70 bits per heavy atom. The average molecular weight is 356 g/mol. The Morgan fingerprint density at radius 1 is 1.35 bits per heavy atom. The summed E-state index contributed by atoms with van der Waals surface area (Å²) < 4.78 is 0. The number of benzene rings is 1. The van der Waals surface area contributed by atoms with E-state index < -0.39 is 0 Å². The molecule has 1 aromatic heterocycles. The number of para-hydroxylation sites is 1. The van der Waals surface area contributed by atoms with Crippen molar-refractivity contribution in [3.8, 4) is 0 Å². The fourth-order valence-electron chi connectivity index (χ4n) is 2.48. The lowest BCUT2D eigenvalue weighted by molar-refractivity contribution is 0.0954. The van der Waals surface area contributed by atoms with Crippen LogP contribution in [-0.2, 0) is 0 Å². The van der Waals surface area contributed by atoms with Crippen molar-refractivity contribution in [3.63, 3.8) is 0 Å². The van der Waals surface area contributed by atoms with Crippen LogP contribution in [0.5, 0.6) is 0 Å². The van der Waals surface area contributed by atoms with Crippen LogP contribution in [-0.4, -0.2) is 23.5 Å². The van der Waals surface area contributed by atoms with Gasteiger partial charge < -0.3 is 11.1 Å². The molecule has 23 heavy (non-hydrogen) atoms. The van der Waals surface area contributed by atoms with Crippen LogP contribution < -0.4 is 11.1 Å². The highest BCUT2D eigenvalue weighted by Gasteiger charge is 2.26. The average Bonchev–Trinajstić information content (AvgIpc) is 3.30. The van der Waals surface area contributed by atoms with E-state index in [2.05, 4.69) is 10.3 Å². The van der Waals surface area contributed by atoms with Crippen molar-refractivity contribution in [1.29, 1.82) is 0 Å². The Bertz CT molecular complexity index is 672. The molecule has 0 radical (unpaired) electrons. The van der Waals surface area contributed by atoms with Gasteiger partial charge in [0, 0.05) is 29.6 Å². The van der Waals surface area contributed by atoms with Crippen molar-refractivity contribution in [1.82, 2.24) is 10.3 Å². The summed E-state index contributed by atoms with van der Waals surface area (Å²) in [6.07, 6.45) is 3.14. The lowest BCUT2D eigenvalue weighted by Crippen LogP contribution is -2.29. The fourth-order valence-corrected chi connectivity index (χ4v) is 2.48. The van der Waals surface area contributed by atoms with Gasteiger partial charge in [-0.2, -0.15) is 0 Å². The van der Waals surface area contributed by atoms with Crippen LogP contribution >= 0.6 is 24.8 Å². The second-order valence-corrected chi connectivity index (χ2v) is 5.91. The van der Waals surface area contributed by atoms with Gasteiger partial charge in [0.25, 0.3) is 5.91 Å². The summed E-state index contributed by atoms with van der Waals surface area (Å²) in [6.45, 7) is 2.55. The zero-order valence-corrected chi connectivity index (χ0v) is 14.8. The zero-order chi connectivity index (χ0) is 14.8. The Kier molecular flexibility index (Phi) is 7.26. The van der Waals surface area contributed by atoms with Gasteiger partial charge in [-0.15, -0.1) is 24.8 Å². The SMILES string of the molecule is CC(N)CCNC(=O)c1cc(C2CC2)nc2ccccc12.Cl.Cl. The third kappa shape index (κ3) is 4.80. The van der Waals surface area contributed by atoms with Gasteiger partial charge in [0.05, 0.1) is 11.1 Å². The van der Waals surface area contributed by atoms with Gasteiger partial charge in [0.15, 0.2) is 0 Å². The molecule has 1 fully saturated rings. The summed E-state index contributed by atoms with van der Waals surface area (Å²) in [5.74, 6) is 0.501. The molecule has 2 aromatic rings. The molecule has 0 saturated heterocycles. The standard InChI is InChI=1S/C17H21N3O.2ClH/c1-11(18)8-9-19-17(21)14-10-16(12-6-7-12)20-15-5-3-2-4-13(14)15;;/h2-5,10-12H,6-9,18H2,1H3,(H,19,21);2*1H. The third-order valence-electron chi connectivity index (χ3n) is 3.86. The van der Waals surface area contributed by atoms with Crippen LogP contribution in [0, 0.1) is 0 Å². The van der Waals surface area contributed by atoms with Gasteiger partial charge in [0.2, 0.25) is 0 Å². The number of halogens is 2. The quantitative estimate of drug-likeness (QED) is 0.863. The predicted molar refractivity (Wildman–Crippen MR) is 98.8 cm³/mol. The van der Waals surface area contributed by atoms with E-state index in [9.17, 15) is 4.79 Å². The fraction of sp³-hybridized carbons (Fsp3) is 0.412. The Hall–Kier alpha value is -1.36. The van der Waals surface area contributed by atoms with Crippen molar-refractivity contribution in [3.05, 3.63) is 41.6 Å². The molecule has 6 heteroatoms. The molecular weight excluding hydrogens is 333 g/mol. The summed E-state index contributed by atoms with van der Waals surface area (Å²) in [6, 6.07) is 9.89. The van der Waals surface area contributed by atoms with Crippen molar-refractivity contribution >= 4 is 41.6 Å². The number of carbonyl (C=O) groups excluding carboxylic acids is 1. The monoisotopic (exact) mass is 355 g/mol. The number of aromatic nitrogens is 1. The zero-order valence-electron chi connectivity index (χ0n) is 13.1. The molecular formula is C17H23Cl2N3O. The van der Waals surface area contributed by atoms with Crippen molar-refractivity contribution in [2.75, 3.05) is 6.54 Å². The third-order valence-corrected chi connectivity index (χ3v) is 3.86. The van der Waals surface area contributed by atoms with E-state index in [4.69, 9.17) is 5.73 Å². The van der Waals surface area contributed by atoms with Crippen molar-refractivity contribution in [2.24, 2.45) is 5.73 Å². The van der Waals surface area contributed by atoms with E-state index >= 15 is 0 Å². The molecule has 1 unspecified atom stereocenters. The highest BCUT2D eigenvalue weighted by molar-refractivity contribution is 6.06. The first-order chi connectivity index (χ1) is 10.1. The van der Waals surface area contributed by atoms with Crippen molar-refractivity contribution in [2.45, 2.75) is 38.1 Å². The topological polar surface area (TPSA) is 68.0 Å². The molecule has 4 nitrogen and oxygen atoms in total. The smallest absolute Gasteiger partial charge is 0.252 e.